The third kappa shape index (κ3) is 3.49. The molecule has 0 saturated carbocycles. The number of aromatic nitrogens is 1. The van der Waals surface area contributed by atoms with Gasteiger partial charge < -0.3 is 9.84 Å². The van der Waals surface area contributed by atoms with E-state index in [0.717, 1.165) is 6.20 Å². The van der Waals surface area contributed by atoms with E-state index in [2.05, 4.69) is 25.7 Å². The number of pyridine rings is 1. The highest BCUT2D eigenvalue weighted by Crippen LogP contribution is 2.37. The predicted molar refractivity (Wildman–Crippen MR) is 54.5 cm³/mol. The van der Waals surface area contributed by atoms with Gasteiger partial charge in [-0.25, -0.2) is 0 Å². The van der Waals surface area contributed by atoms with E-state index in [1.165, 1.54) is 0 Å². The van der Waals surface area contributed by atoms with Gasteiger partial charge in [-0.3, -0.25) is 4.98 Å². The summed E-state index contributed by atoms with van der Waals surface area (Å²) in [6, 6.07) is 1.68. The van der Waals surface area contributed by atoms with Crippen molar-refractivity contribution in [2.45, 2.75) is 18.1 Å². The molecule has 1 heterocycles. The van der Waals surface area contributed by atoms with Gasteiger partial charge in [0.2, 0.25) is 0 Å². The summed E-state index contributed by atoms with van der Waals surface area (Å²) in [6.45, 7) is 0. The molecule has 1 aromatic rings. The quantitative estimate of drug-likeness (QED) is 0.872. The second-order valence-electron chi connectivity index (χ2n) is 2.92. The monoisotopic (exact) mass is 310 g/mol. The summed E-state index contributed by atoms with van der Waals surface area (Å²) in [5, 5.41) is 18.0. The van der Waals surface area contributed by atoms with Gasteiger partial charge in [0.05, 0.1) is 18.2 Å². The Bertz CT molecular complexity index is 457. The average molecular weight is 311 g/mol. The minimum Gasteiger partial charge on any atom is -0.503 e. The Labute approximate surface area is 103 Å². The number of nitriles is 1. The molecule has 0 radical (unpaired) electrons. The SMILES string of the molecule is N#CCc1ncc(CBr)c(OC(F)(F)F)c1O. The molecular weight excluding hydrogens is 305 g/mol. The summed E-state index contributed by atoms with van der Waals surface area (Å²) >= 11 is 2.95. The highest BCUT2D eigenvalue weighted by Gasteiger charge is 2.34. The van der Waals surface area contributed by atoms with Crippen LogP contribution in [0.2, 0.25) is 0 Å². The first-order valence-corrected chi connectivity index (χ1v) is 5.39. The minimum absolute atomic E-state index is 0.0335. The molecule has 1 N–H and O–H groups in total. The largest absolute Gasteiger partial charge is 0.573 e. The summed E-state index contributed by atoms with van der Waals surface area (Å²) in [4.78, 5) is 3.68. The fourth-order valence-electron chi connectivity index (χ4n) is 1.09. The van der Waals surface area contributed by atoms with Crippen LogP contribution in [0.1, 0.15) is 11.3 Å². The second-order valence-corrected chi connectivity index (χ2v) is 3.48. The molecule has 0 atom stereocenters. The molecule has 0 aromatic carbocycles. The maximum Gasteiger partial charge on any atom is 0.573 e. The first-order chi connectivity index (χ1) is 7.89. The maximum atomic E-state index is 12.1. The van der Waals surface area contributed by atoms with Crippen LogP contribution >= 0.6 is 15.9 Å². The highest BCUT2D eigenvalue weighted by atomic mass is 79.9. The van der Waals surface area contributed by atoms with Gasteiger partial charge in [-0.15, -0.1) is 13.2 Å². The molecule has 1 rings (SSSR count). The number of halogens is 4. The summed E-state index contributed by atoms with van der Waals surface area (Å²) in [7, 11) is 0. The Morgan fingerprint density at radius 2 is 2.18 bits per heavy atom. The van der Waals surface area contributed by atoms with Crippen LogP contribution < -0.4 is 4.74 Å². The lowest BCUT2D eigenvalue weighted by Crippen LogP contribution is -2.18. The fraction of sp³-hybridized carbons (Fsp3) is 0.333. The van der Waals surface area contributed by atoms with Gasteiger partial charge in [-0.05, 0) is 0 Å². The molecule has 8 heteroatoms. The van der Waals surface area contributed by atoms with Crippen molar-refractivity contribution in [3.63, 3.8) is 0 Å². The first kappa shape index (κ1) is 13.6. The zero-order valence-corrected chi connectivity index (χ0v) is 9.84. The van der Waals surface area contributed by atoms with Crippen LogP contribution in [0, 0.1) is 11.3 Å². The summed E-state index contributed by atoms with van der Waals surface area (Å²) in [5.74, 6) is -1.49. The topological polar surface area (TPSA) is 66.1 Å². The molecule has 0 aliphatic carbocycles. The molecule has 0 unspecified atom stereocenters. The van der Waals surface area contributed by atoms with Gasteiger partial charge in [-0.2, -0.15) is 5.26 Å². The first-order valence-electron chi connectivity index (χ1n) is 4.27. The molecule has 0 amide bonds. The van der Waals surface area contributed by atoms with E-state index < -0.39 is 17.9 Å². The number of rotatable bonds is 3. The molecule has 17 heavy (non-hydrogen) atoms. The average Bonchev–Trinajstić information content (AvgIpc) is 2.23. The lowest BCUT2D eigenvalue weighted by molar-refractivity contribution is -0.275. The molecule has 0 fully saturated rings. The van der Waals surface area contributed by atoms with Gasteiger partial charge in [0, 0.05) is 17.1 Å². The van der Waals surface area contributed by atoms with Crippen molar-refractivity contribution in [2.75, 3.05) is 0 Å². The van der Waals surface area contributed by atoms with Gasteiger partial charge >= 0.3 is 6.36 Å². The van der Waals surface area contributed by atoms with Crippen LogP contribution in [0.3, 0.4) is 0 Å². The number of hydrogen-bond donors (Lipinski definition) is 1. The standard InChI is InChI=1S/C9H6BrF3N2O2/c10-3-5-4-15-6(1-2-14)7(16)8(5)17-9(11,12)13/h4,16H,1,3H2. The van der Waals surface area contributed by atoms with E-state index in [1.807, 2.05) is 0 Å². The van der Waals surface area contributed by atoms with Crippen LogP contribution in [0.5, 0.6) is 11.5 Å². The van der Waals surface area contributed by atoms with E-state index in [0.29, 0.717) is 0 Å². The lowest BCUT2D eigenvalue weighted by atomic mass is 10.2. The van der Waals surface area contributed by atoms with Gasteiger partial charge in [0.1, 0.15) is 0 Å². The minimum atomic E-state index is -4.92. The van der Waals surface area contributed by atoms with E-state index in [-0.39, 0.29) is 23.0 Å². The third-order valence-corrected chi connectivity index (χ3v) is 2.37. The summed E-state index contributed by atoms with van der Waals surface area (Å²) in [5.41, 5.74) is -0.113. The van der Waals surface area contributed by atoms with Crippen LogP contribution in [0.4, 0.5) is 13.2 Å². The smallest absolute Gasteiger partial charge is 0.503 e. The summed E-state index contributed by atoms with van der Waals surface area (Å²) in [6.07, 6.45) is -4.11. The van der Waals surface area contributed by atoms with Crippen molar-refractivity contribution in [2.24, 2.45) is 0 Å². The Balaban J connectivity index is 3.23. The highest BCUT2D eigenvalue weighted by molar-refractivity contribution is 9.08. The number of nitrogens with zero attached hydrogens (tertiary/aromatic N) is 2. The van der Waals surface area contributed by atoms with Crippen molar-refractivity contribution >= 4 is 15.9 Å². The number of hydrogen-bond acceptors (Lipinski definition) is 4. The molecule has 4 nitrogen and oxygen atoms in total. The number of alkyl halides is 4. The van der Waals surface area contributed by atoms with Crippen LogP contribution in [0.15, 0.2) is 6.20 Å². The molecular formula is C9H6BrF3N2O2. The van der Waals surface area contributed by atoms with Crippen LogP contribution in [-0.4, -0.2) is 16.5 Å². The normalized spacial score (nSPS) is 11.0. The number of aromatic hydroxyl groups is 1. The lowest BCUT2D eigenvalue weighted by Gasteiger charge is -2.14. The van der Waals surface area contributed by atoms with Crippen LogP contribution in [-0.2, 0) is 11.8 Å². The molecule has 92 valence electrons. The van der Waals surface area contributed by atoms with E-state index in [1.54, 1.807) is 6.07 Å². The molecule has 1 aromatic heterocycles. The zero-order valence-electron chi connectivity index (χ0n) is 8.25. The molecule has 0 aliphatic rings. The molecule has 0 spiro atoms. The Kier molecular flexibility index (Phi) is 4.17. The van der Waals surface area contributed by atoms with Gasteiger partial charge in [0.15, 0.2) is 11.5 Å². The number of ether oxygens (including phenoxy) is 1. The third-order valence-electron chi connectivity index (χ3n) is 1.76. The second kappa shape index (κ2) is 5.23. The van der Waals surface area contributed by atoms with E-state index in [4.69, 9.17) is 5.26 Å². The van der Waals surface area contributed by atoms with E-state index in [9.17, 15) is 18.3 Å². The van der Waals surface area contributed by atoms with Gasteiger partial charge in [0.25, 0.3) is 0 Å². The molecule has 0 bridgehead atoms. The van der Waals surface area contributed by atoms with E-state index >= 15 is 0 Å². The predicted octanol–water partition coefficient (Wildman–Crippen LogP) is 2.65. The molecule has 0 saturated heterocycles. The van der Waals surface area contributed by atoms with Crippen molar-refractivity contribution in [3.05, 3.63) is 17.5 Å². The van der Waals surface area contributed by atoms with Crippen molar-refractivity contribution in [3.8, 4) is 17.6 Å². The van der Waals surface area contributed by atoms with Gasteiger partial charge in [-0.1, -0.05) is 15.9 Å². The zero-order chi connectivity index (χ0) is 13.1. The van der Waals surface area contributed by atoms with Crippen LogP contribution in [0.25, 0.3) is 0 Å². The summed E-state index contributed by atoms with van der Waals surface area (Å²) < 4.78 is 40.1. The van der Waals surface area contributed by atoms with Crippen molar-refractivity contribution in [1.29, 1.82) is 5.26 Å². The maximum absolute atomic E-state index is 12.1. The molecule has 0 aliphatic heterocycles. The Morgan fingerprint density at radius 3 is 2.65 bits per heavy atom. The Hall–Kier alpha value is -1.49. The Morgan fingerprint density at radius 1 is 1.53 bits per heavy atom. The van der Waals surface area contributed by atoms with Crippen molar-refractivity contribution < 1.29 is 23.0 Å². The fourth-order valence-corrected chi connectivity index (χ4v) is 1.49. The van der Waals surface area contributed by atoms with Crippen molar-refractivity contribution in [1.82, 2.24) is 4.98 Å².